The Kier molecular flexibility index (Phi) is 8.10. The molecule has 2 aromatic carbocycles. The van der Waals surface area contributed by atoms with Gasteiger partial charge in [-0.05, 0) is 55.4 Å². The van der Waals surface area contributed by atoms with E-state index < -0.39 is 11.9 Å². The first-order chi connectivity index (χ1) is 20.5. The van der Waals surface area contributed by atoms with Crippen LogP contribution in [0.4, 0.5) is 10.9 Å². The summed E-state index contributed by atoms with van der Waals surface area (Å²) in [6.07, 6.45) is 6.14. The number of carboxylic acids is 1. The number of carbonyl (C=O) groups is 3. The molecule has 1 atom stereocenters. The van der Waals surface area contributed by atoms with E-state index in [2.05, 4.69) is 4.98 Å². The van der Waals surface area contributed by atoms with E-state index in [1.54, 1.807) is 16.0 Å². The van der Waals surface area contributed by atoms with E-state index in [0.717, 1.165) is 53.6 Å². The zero-order chi connectivity index (χ0) is 29.1. The second-order valence-corrected chi connectivity index (χ2v) is 11.7. The lowest BCUT2D eigenvalue weighted by Gasteiger charge is -2.25. The van der Waals surface area contributed by atoms with Crippen LogP contribution >= 0.6 is 11.3 Å². The molecule has 42 heavy (non-hydrogen) atoms. The molecule has 214 valence electrons. The number of nitrogens with zero attached hydrogens (tertiary/aromatic N) is 4. The Bertz CT molecular complexity index is 1580. The Balaban J connectivity index is 1.27. The number of rotatable bonds is 10. The van der Waals surface area contributed by atoms with E-state index in [-0.39, 0.29) is 24.3 Å². The second kappa shape index (κ2) is 12.2. The number of hydrogen-bond acceptors (Lipinski definition) is 6. The lowest BCUT2D eigenvalue weighted by molar-refractivity contribution is -0.140. The number of amides is 2. The first kappa shape index (κ1) is 27.8. The van der Waals surface area contributed by atoms with Gasteiger partial charge in [0, 0.05) is 41.7 Å². The fourth-order valence-corrected chi connectivity index (χ4v) is 6.43. The minimum atomic E-state index is -0.988. The summed E-state index contributed by atoms with van der Waals surface area (Å²) >= 11 is 1.40. The van der Waals surface area contributed by atoms with Crippen LogP contribution in [0.15, 0.2) is 78.3 Å². The summed E-state index contributed by atoms with van der Waals surface area (Å²) < 4.78 is 0. The van der Waals surface area contributed by atoms with Gasteiger partial charge < -0.3 is 5.11 Å². The molecule has 1 saturated heterocycles. The van der Waals surface area contributed by atoms with Gasteiger partial charge in [-0.1, -0.05) is 54.6 Å². The number of hydrogen-bond donors (Lipinski definition) is 1. The Hall–Kier alpha value is -4.37. The predicted octanol–water partition coefficient (Wildman–Crippen LogP) is 6.22. The molecule has 1 aliphatic heterocycles. The number of thiazole rings is 1. The minimum Gasteiger partial charge on any atom is -0.481 e. The van der Waals surface area contributed by atoms with Gasteiger partial charge in [-0.25, -0.2) is 9.97 Å². The Morgan fingerprint density at radius 1 is 1.00 bits per heavy atom. The maximum atomic E-state index is 13.9. The van der Waals surface area contributed by atoms with Gasteiger partial charge in [0.05, 0.1) is 18.0 Å². The third kappa shape index (κ3) is 6.11. The molecule has 6 rings (SSSR count). The number of benzene rings is 2. The van der Waals surface area contributed by atoms with Crippen molar-refractivity contribution in [3.63, 3.8) is 0 Å². The molecule has 2 fully saturated rings. The fraction of sp³-hybridized carbons (Fsp3) is 0.303. The largest absolute Gasteiger partial charge is 0.481 e. The summed E-state index contributed by atoms with van der Waals surface area (Å²) in [5, 5.41) is 12.1. The van der Waals surface area contributed by atoms with Crippen molar-refractivity contribution in [3.8, 4) is 22.4 Å². The van der Waals surface area contributed by atoms with E-state index in [0.29, 0.717) is 30.3 Å². The molecule has 0 spiro atoms. The Morgan fingerprint density at radius 2 is 1.76 bits per heavy atom. The van der Waals surface area contributed by atoms with Crippen molar-refractivity contribution < 1.29 is 19.5 Å². The van der Waals surface area contributed by atoms with Crippen LogP contribution in [0.5, 0.6) is 0 Å². The molecule has 0 bridgehead atoms. The SMILES string of the molecule is O=C(O)C[C@@H](Cc1ccccc1)C(=O)N(c1nc(-c2ccccc2-c2ccc(N3CCCCC3=O)nc2)cs1)C1CC1. The normalized spacial score (nSPS) is 15.8. The van der Waals surface area contributed by atoms with Crippen molar-refractivity contribution in [2.75, 3.05) is 16.3 Å². The van der Waals surface area contributed by atoms with Crippen LogP contribution in [0, 0.1) is 5.92 Å². The molecular formula is C33H32N4O4S. The van der Waals surface area contributed by atoms with Crippen molar-refractivity contribution in [1.82, 2.24) is 9.97 Å². The predicted molar refractivity (Wildman–Crippen MR) is 163 cm³/mol. The molecule has 9 heteroatoms. The number of pyridine rings is 1. The summed E-state index contributed by atoms with van der Waals surface area (Å²) in [4.78, 5) is 51.0. The number of aliphatic carboxylic acids is 1. The van der Waals surface area contributed by atoms with Crippen LogP contribution in [-0.2, 0) is 20.8 Å². The number of aromatic nitrogens is 2. The molecule has 8 nitrogen and oxygen atoms in total. The van der Waals surface area contributed by atoms with E-state index in [9.17, 15) is 19.5 Å². The van der Waals surface area contributed by atoms with Crippen molar-refractivity contribution in [2.24, 2.45) is 5.92 Å². The number of anilines is 2. The Labute approximate surface area is 248 Å². The number of carbonyl (C=O) groups excluding carboxylic acids is 2. The summed E-state index contributed by atoms with van der Waals surface area (Å²) in [7, 11) is 0. The highest BCUT2D eigenvalue weighted by Crippen LogP contribution is 2.39. The monoisotopic (exact) mass is 580 g/mol. The van der Waals surface area contributed by atoms with E-state index in [1.165, 1.54) is 11.3 Å². The molecule has 1 N–H and O–H groups in total. The van der Waals surface area contributed by atoms with Gasteiger partial charge in [0.1, 0.15) is 5.82 Å². The highest BCUT2D eigenvalue weighted by atomic mass is 32.1. The fourth-order valence-electron chi connectivity index (χ4n) is 5.53. The molecule has 0 unspecified atom stereocenters. The quantitative estimate of drug-likeness (QED) is 0.239. The molecule has 2 aromatic heterocycles. The maximum absolute atomic E-state index is 13.9. The van der Waals surface area contributed by atoms with E-state index in [1.807, 2.05) is 72.1 Å². The van der Waals surface area contributed by atoms with E-state index in [4.69, 9.17) is 4.98 Å². The molecule has 1 saturated carbocycles. The average Bonchev–Trinajstić information content (AvgIpc) is 3.73. The number of piperidine rings is 1. The van der Waals surface area contributed by atoms with Gasteiger partial charge >= 0.3 is 5.97 Å². The Morgan fingerprint density at radius 3 is 2.45 bits per heavy atom. The topological polar surface area (TPSA) is 104 Å². The molecule has 0 radical (unpaired) electrons. The molecule has 4 aromatic rings. The van der Waals surface area contributed by atoms with E-state index >= 15 is 0 Å². The summed E-state index contributed by atoms with van der Waals surface area (Å²) in [5.41, 5.74) is 4.46. The molecule has 1 aliphatic carbocycles. The van der Waals surface area contributed by atoms with Crippen molar-refractivity contribution in [2.45, 2.75) is 51.0 Å². The van der Waals surface area contributed by atoms with Crippen LogP contribution in [0.25, 0.3) is 22.4 Å². The lowest BCUT2D eigenvalue weighted by Crippen LogP contribution is -2.39. The van der Waals surface area contributed by atoms with Crippen LogP contribution in [0.3, 0.4) is 0 Å². The minimum absolute atomic E-state index is 0.0352. The standard InChI is InChI=1S/C33H32N4O4S/c38-30-12-6-7-17-36(30)29-16-13-23(20-34-29)26-10-4-5-11-27(26)28-21-42-33(35-28)37(25-14-15-25)32(41)24(19-31(39)40)18-22-8-2-1-3-9-22/h1-5,8-11,13,16,20-21,24-25H,6-7,12,14-15,17-19H2,(H,39,40)/t24-/m1/s1. The number of carboxylic acid groups (broad SMARTS) is 1. The van der Waals surface area contributed by atoms with Gasteiger partial charge in [-0.2, -0.15) is 0 Å². The van der Waals surface area contributed by atoms with Crippen LogP contribution in [-0.4, -0.2) is 45.4 Å². The van der Waals surface area contributed by atoms with Gasteiger partial charge in [0.2, 0.25) is 11.8 Å². The van der Waals surface area contributed by atoms with Crippen molar-refractivity contribution >= 4 is 40.1 Å². The molecule has 2 amide bonds. The van der Waals surface area contributed by atoms with Crippen LogP contribution in [0.1, 0.15) is 44.1 Å². The highest BCUT2D eigenvalue weighted by molar-refractivity contribution is 7.14. The van der Waals surface area contributed by atoms with Gasteiger partial charge in [-0.15, -0.1) is 11.3 Å². The lowest BCUT2D eigenvalue weighted by atomic mass is 9.94. The van der Waals surface area contributed by atoms with Crippen molar-refractivity contribution in [3.05, 3.63) is 83.9 Å². The first-order valence-corrected chi connectivity index (χ1v) is 15.3. The highest BCUT2D eigenvalue weighted by Gasteiger charge is 2.39. The zero-order valence-corrected chi connectivity index (χ0v) is 24.0. The third-order valence-corrected chi connectivity index (χ3v) is 8.64. The molecular weight excluding hydrogens is 548 g/mol. The smallest absolute Gasteiger partial charge is 0.304 e. The second-order valence-electron chi connectivity index (χ2n) is 10.9. The van der Waals surface area contributed by atoms with Crippen LogP contribution < -0.4 is 9.80 Å². The summed E-state index contributed by atoms with van der Waals surface area (Å²) in [5.74, 6) is -1.08. The van der Waals surface area contributed by atoms with Crippen LogP contribution in [0.2, 0.25) is 0 Å². The summed E-state index contributed by atoms with van der Waals surface area (Å²) in [6, 6.07) is 21.4. The maximum Gasteiger partial charge on any atom is 0.304 e. The van der Waals surface area contributed by atoms with Gasteiger partial charge in [0.15, 0.2) is 5.13 Å². The summed E-state index contributed by atoms with van der Waals surface area (Å²) in [6.45, 7) is 0.693. The zero-order valence-electron chi connectivity index (χ0n) is 23.2. The molecule has 3 heterocycles. The van der Waals surface area contributed by atoms with Crippen molar-refractivity contribution in [1.29, 1.82) is 0 Å². The third-order valence-electron chi connectivity index (χ3n) is 7.80. The van der Waals surface area contributed by atoms with Gasteiger partial charge in [-0.3, -0.25) is 24.2 Å². The molecule has 2 aliphatic rings. The first-order valence-electron chi connectivity index (χ1n) is 14.4. The van der Waals surface area contributed by atoms with Gasteiger partial charge in [0.25, 0.3) is 0 Å². The average molecular weight is 581 g/mol.